The maximum absolute atomic E-state index is 12.4. The molecule has 1 aliphatic heterocycles. The molecule has 9 heteroatoms. The standard InChI is InChI=1S/C16H28N4O3S2/c1-4-17-16(19-14(3)15-6-5-13(2)23-15)18-7-12-25(21,22)20-8-10-24-11-9-20/h5-6,14H,4,7-12H2,1-3H3,(H2,17,18,19). The van der Waals surface area contributed by atoms with Crippen LogP contribution in [-0.4, -0.2) is 62.1 Å². The highest BCUT2D eigenvalue weighted by Gasteiger charge is 2.23. The molecule has 1 unspecified atom stereocenters. The highest BCUT2D eigenvalue weighted by atomic mass is 32.2. The lowest BCUT2D eigenvalue weighted by atomic mass is 10.2. The van der Waals surface area contributed by atoms with E-state index < -0.39 is 10.0 Å². The van der Waals surface area contributed by atoms with E-state index in [1.165, 1.54) is 0 Å². The van der Waals surface area contributed by atoms with Crippen molar-refractivity contribution >= 4 is 27.7 Å². The van der Waals surface area contributed by atoms with Crippen LogP contribution in [-0.2, 0) is 10.0 Å². The Balaban J connectivity index is 1.92. The predicted molar refractivity (Wildman–Crippen MR) is 104 cm³/mol. The second-order valence-electron chi connectivity index (χ2n) is 5.90. The number of guanidine groups is 1. The highest BCUT2D eigenvalue weighted by Crippen LogP contribution is 2.15. The first-order valence-corrected chi connectivity index (χ1v) is 11.4. The van der Waals surface area contributed by atoms with Crippen LogP contribution >= 0.6 is 11.8 Å². The fraction of sp³-hybridized carbons (Fsp3) is 0.688. The van der Waals surface area contributed by atoms with Crippen LogP contribution in [0, 0.1) is 6.92 Å². The van der Waals surface area contributed by atoms with Gasteiger partial charge in [0.15, 0.2) is 5.96 Å². The van der Waals surface area contributed by atoms with E-state index in [-0.39, 0.29) is 18.3 Å². The summed E-state index contributed by atoms with van der Waals surface area (Å²) < 4.78 is 31.9. The summed E-state index contributed by atoms with van der Waals surface area (Å²) in [5.74, 6) is 4.04. The van der Waals surface area contributed by atoms with Crippen molar-refractivity contribution in [2.45, 2.75) is 26.8 Å². The van der Waals surface area contributed by atoms with Crippen molar-refractivity contribution in [3.05, 3.63) is 23.7 Å². The maximum Gasteiger partial charge on any atom is 0.215 e. The van der Waals surface area contributed by atoms with E-state index in [0.717, 1.165) is 23.0 Å². The van der Waals surface area contributed by atoms with Gasteiger partial charge in [-0.05, 0) is 32.9 Å². The number of thioether (sulfide) groups is 1. The molecule has 2 rings (SSSR count). The highest BCUT2D eigenvalue weighted by molar-refractivity contribution is 7.99. The van der Waals surface area contributed by atoms with E-state index in [1.807, 2.05) is 32.9 Å². The zero-order valence-electron chi connectivity index (χ0n) is 15.1. The Labute approximate surface area is 154 Å². The van der Waals surface area contributed by atoms with Gasteiger partial charge in [-0.25, -0.2) is 12.7 Å². The molecule has 2 heterocycles. The molecule has 25 heavy (non-hydrogen) atoms. The molecule has 1 aliphatic rings. The number of rotatable bonds is 7. The van der Waals surface area contributed by atoms with E-state index >= 15 is 0 Å². The monoisotopic (exact) mass is 388 g/mol. The summed E-state index contributed by atoms with van der Waals surface area (Å²) in [6.45, 7) is 7.98. The topological polar surface area (TPSA) is 86.9 Å². The van der Waals surface area contributed by atoms with Crippen LogP contribution in [0.2, 0.25) is 0 Å². The van der Waals surface area contributed by atoms with Gasteiger partial charge in [-0.2, -0.15) is 11.8 Å². The Bertz CT molecular complexity index is 667. The number of hydrogen-bond acceptors (Lipinski definition) is 5. The van der Waals surface area contributed by atoms with Gasteiger partial charge in [0.1, 0.15) is 11.5 Å². The van der Waals surface area contributed by atoms with Gasteiger partial charge < -0.3 is 15.1 Å². The van der Waals surface area contributed by atoms with Crippen molar-refractivity contribution in [1.82, 2.24) is 14.9 Å². The van der Waals surface area contributed by atoms with Crippen LogP contribution in [0.25, 0.3) is 0 Å². The van der Waals surface area contributed by atoms with E-state index in [0.29, 0.717) is 25.6 Å². The molecule has 1 aromatic rings. The maximum atomic E-state index is 12.4. The number of aryl methyl sites for hydroxylation is 1. The minimum absolute atomic E-state index is 0.0302. The molecule has 0 spiro atoms. The minimum atomic E-state index is -3.23. The van der Waals surface area contributed by atoms with Gasteiger partial charge in [-0.15, -0.1) is 0 Å². The fourth-order valence-electron chi connectivity index (χ4n) is 2.51. The largest absolute Gasteiger partial charge is 0.464 e. The van der Waals surface area contributed by atoms with Crippen LogP contribution in [0.1, 0.15) is 31.4 Å². The molecule has 7 nitrogen and oxygen atoms in total. The Morgan fingerprint density at radius 3 is 2.72 bits per heavy atom. The smallest absolute Gasteiger partial charge is 0.215 e. The molecule has 0 amide bonds. The van der Waals surface area contributed by atoms with Gasteiger partial charge in [0.2, 0.25) is 10.0 Å². The van der Waals surface area contributed by atoms with Crippen LogP contribution in [0.5, 0.6) is 0 Å². The van der Waals surface area contributed by atoms with E-state index in [9.17, 15) is 8.42 Å². The third kappa shape index (κ3) is 6.23. The van der Waals surface area contributed by atoms with Crippen LogP contribution in [0.15, 0.2) is 21.5 Å². The lowest BCUT2D eigenvalue weighted by Crippen LogP contribution is -2.41. The average molecular weight is 389 g/mol. The molecular weight excluding hydrogens is 360 g/mol. The van der Waals surface area contributed by atoms with Gasteiger partial charge in [-0.3, -0.25) is 4.99 Å². The summed E-state index contributed by atoms with van der Waals surface area (Å²) in [5, 5.41) is 6.39. The van der Waals surface area contributed by atoms with Gasteiger partial charge in [0, 0.05) is 31.1 Å². The lowest BCUT2D eigenvalue weighted by Gasteiger charge is -2.25. The molecule has 1 atom stereocenters. The molecule has 1 fully saturated rings. The number of furan rings is 1. The van der Waals surface area contributed by atoms with Crippen molar-refractivity contribution in [2.75, 3.05) is 43.4 Å². The summed E-state index contributed by atoms with van der Waals surface area (Å²) in [7, 11) is -3.23. The number of aliphatic imine (C=N–C) groups is 1. The van der Waals surface area contributed by atoms with Crippen LogP contribution in [0.3, 0.4) is 0 Å². The summed E-state index contributed by atoms with van der Waals surface area (Å²) in [6.07, 6.45) is 0. The Morgan fingerprint density at radius 1 is 1.40 bits per heavy atom. The van der Waals surface area contributed by atoms with Crippen molar-refractivity contribution < 1.29 is 12.8 Å². The molecular formula is C16H28N4O3S2. The number of nitrogens with one attached hydrogen (secondary N) is 2. The first kappa shape index (κ1) is 20.1. The molecule has 0 bridgehead atoms. The van der Waals surface area contributed by atoms with Gasteiger partial charge in [-0.1, -0.05) is 0 Å². The quantitative estimate of drug-likeness (QED) is 0.545. The summed E-state index contributed by atoms with van der Waals surface area (Å²) >= 11 is 1.79. The fourth-order valence-corrected chi connectivity index (χ4v) is 4.96. The zero-order chi connectivity index (χ0) is 18.3. The Hall–Kier alpha value is -1.19. The minimum Gasteiger partial charge on any atom is -0.464 e. The summed E-state index contributed by atoms with van der Waals surface area (Å²) in [4.78, 5) is 4.41. The first-order chi connectivity index (χ1) is 11.9. The zero-order valence-corrected chi connectivity index (χ0v) is 16.8. The molecule has 1 saturated heterocycles. The molecule has 2 N–H and O–H groups in total. The molecule has 142 valence electrons. The average Bonchev–Trinajstić information content (AvgIpc) is 3.02. The molecule has 1 aromatic heterocycles. The predicted octanol–water partition coefficient (Wildman–Crippen LogP) is 1.58. The molecule has 0 radical (unpaired) electrons. The van der Waals surface area contributed by atoms with Crippen molar-refractivity contribution in [3.8, 4) is 0 Å². The van der Waals surface area contributed by atoms with Gasteiger partial charge >= 0.3 is 0 Å². The summed E-state index contributed by atoms with van der Waals surface area (Å²) in [6, 6.07) is 3.79. The second kappa shape index (κ2) is 9.49. The molecule has 0 saturated carbocycles. The normalized spacial score (nSPS) is 18.1. The van der Waals surface area contributed by atoms with Crippen molar-refractivity contribution in [3.63, 3.8) is 0 Å². The van der Waals surface area contributed by atoms with Gasteiger partial charge in [0.25, 0.3) is 0 Å². The number of nitrogens with zero attached hydrogens (tertiary/aromatic N) is 2. The van der Waals surface area contributed by atoms with Crippen molar-refractivity contribution in [1.29, 1.82) is 0 Å². The van der Waals surface area contributed by atoms with Crippen LogP contribution in [0.4, 0.5) is 0 Å². The molecule has 0 aliphatic carbocycles. The van der Waals surface area contributed by atoms with Gasteiger partial charge in [0.05, 0.1) is 18.3 Å². The van der Waals surface area contributed by atoms with E-state index in [1.54, 1.807) is 16.1 Å². The second-order valence-corrected chi connectivity index (χ2v) is 9.22. The number of hydrogen-bond donors (Lipinski definition) is 2. The first-order valence-electron chi connectivity index (χ1n) is 8.59. The number of sulfonamides is 1. The van der Waals surface area contributed by atoms with Crippen LogP contribution < -0.4 is 10.6 Å². The lowest BCUT2D eigenvalue weighted by molar-refractivity contribution is 0.440. The Kier molecular flexibility index (Phi) is 7.64. The summed E-state index contributed by atoms with van der Waals surface area (Å²) in [5.41, 5.74) is 0. The van der Waals surface area contributed by atoms with Crippen molar-refractivity contribution in [2.24, 2.45) is 4.99 Å². The SMILES string of the molecule is CCNC(=NCCS(=O)(=O)N1CCSCC1)NC(C)c1ccc(C)o1. The third-order valence-electron chi connectivity index (χ3n) is 3.87. The van der Waals surface area contributed by atoms with E-state index in [2.05, 4.69) is 15.6 Å². The Morgan fingerprint density at radius 2 is 2.12 bits per heavy atom. The molecule has 0 aromatic carbocycles. The van der Waals surface area contributed by atoms with E-state index in [4.69, 9.17) is 4.42 Å². The third-order valence-corrected chi connectivity index (χ3v) is 6.66.